The first-order valence-corrected chi connectivity index (χ1v) is 10.9. The van der Waals surface area contributed by atoms with Gasteiger partial charge in [0.05, 0.1) is 19.3 Å². The number of amides is 2. The van der Waals surface area contributed by atoms with Crippen LogP contribution in [0.15, 0.2) is 71.2 Å². The smallest absolute Gasteiger partial charge is 0.322 e. The number of rotatable bonds is 7. The van der Waals surface area contributed by atoms with Gasteiger partial charge in [0.25, 0.3) is 0 Å². The van der Waals surface area contributed by atoms with Gasteiger partial charge in [-0.1, -0.05) is 59.6 Å². The standard InChI is InChI=1S/C23H21BrCl2N2O2/c1-30-22-9-5-2-6-17(22)15-28(13-12-16-10-11-18(25)14-20(16)26)23(29)27-21-8-4-3-7-19(21)24/h2-11,14H,12-13,15H2,1H3,(H,27,29). The lowest BCUT2D eigenvalue weighted by molar-refractivity contribution is 0.209. The second-order valence-corrected chi connectivity index (χ2v) is 8.33. The Morgan fingerprint density at radius 1 is 1.03 bits per heavy atom. The van der Waals surface area contributed by atoms with Gasteiger partial charge in [-0.25, -0.2) is 4.79 Å². The number of nitrogens with zero attached hydrogens (tertiary/aromatic N) is 1. The van der Waals surface area contributed by atoms with Crippen LogP contribution in [0.25, 0.3) is 0 Å². The number of carbonyl (C=O) groups is 1. The van der Waals surface area contributed by atoms with Crippen LogP contribution >= 0.6 is 39.1 Å². The number of carbonyl (C=O) groups excluding carboxylic acids is 1. The minimum Gasteiger partial charge on any atom is -0.496 e. The van der Waals surface area contributed by atoms with E-state index in [0.717, 1.165) is 21.3 Å². The molecular weight excluding hydrogens is 487 g/mol. The highest BCUT2D eigenvalue weighted by molar-refractivity contribution is 9.10. The first-order valence-electron chi connectivity index (χ1n) is 9.34. The third-order valence-electron chi connectivity index (χ3n) is 4.62. The van der Waals surface area contributed by atoms with Crippen molar-refractivity contribution in [2.45, 2.75) is 13.0 Å². The normalized spacial score (nSPS) is 10.5. The Hall–Kier alpha value is -2.21. The molecule has 0 radical (unpaired) electrons. The van der Waals surface area contributed by atoms with Crippen molar-refractivity contribution in [1.29, 1.82) is 0 Å². The number of benzene rings is 3. The molecule has 3 aromatic rings. The number of nitrogens with one attached hydrogen (secondary N) is 1. The van der Waals surface area contributed by atoms with Crippen molar-refractivity contribution in [3.63, 3.8) is 0 Å². The van der Waals surface area contributed by atoms with Crippen molar-refractivity contribution in [2.24, 2.45) is 0 Å². The number of ether oxygens (including phenoxy) is 1. The molecule has 0 saturated carbocycles. The molecule has 0 unspecified atom stereocenters. The Labute approximate surface area is 194 Å². The zero-order valence-corrected chi connectivity index (χ0v) is 19.5. The predicted octanol–water partition coefficient (Wildman–Crippen LogP) is 7.04. The Morgan fingerprint density at radius 3 is 2.50 bits per heavy atom. The van der Waals surface area contributed by atoms with Crippen LogP contribution in [0.1, 0.15) is 11.1 Å². The second-order valence-electron chi connectivity index (χ2n) is 6.63. The van der Waals surface area contributed by atoms with E-state index in [4.69, 9.17) is 27.9 Å². The van der Waals surface area contributed by atoms with E-state index in [1.165, 1.54) is 0 Å². The van der Waals surface area contributed by atoms with Crippen LogP contribution in [0.3, 0.4) is 0 Å². The van der Waals surface area contributed by atoms with Crippen molar-refractivity contribution in [2.75, 3.05) is 19.0 Å². The van der Waals surface area contributed by atoms with Crippen molar-refractivity contribution in [3.8, 4) is 5.75 Å². The molecule has 2 amide bonds. The van der Waals surface area contributed by atoms with E-state index in [0.29, 0.717) is 35.2 Å². The van der Waals surface area contributed by atoms with Gasteiger partial charge in [-0.3, -0.25) is 0 Å². The molecule has 4 nitrogen and oxygen atoms in total. The van der Waals surface area contributed by atoms with E-state index in [2.05, 4.69) is 21.2 Å². The average molecular weight is 508 g/mol. The van der Waals surface area contributed by atoms with Gasteiger partial charge in [-0.05, 0) is 58.2 Å². The summed E-state index contributed by atoms with van der Waals surface area (Å²) in [5.74, 6) is 0.737. The van der Waals surface area contributed by atoms with Gasteiger partial charge in [0.1, 0.15) is 5.75 Å². The van der Waals surface area contributed by atoms with E-state index in [1.807, 2.05) is 54.6 Å². The third kappa shape index (κ3) is 5.91. The summed E-state index contributed by atoms with van der Waals surface area (Å²) >= 11 is 15.8. The summed E-state index contributed by atoms with van der Waals surface area (Å²) in [6.45, 7) is 0.862. The Kier molecular flexibility index (Phi) is 8.02. The van der Waals surface area contributed by atoms with E-state index in [-0.39, 0.29) is 6.03 Å². The molecule has 0 aliphatic heterocycles. The summed E-state index contributed by atoms with van der Waals surface area (Å²) in [7, 11) is 1.62. The van der Waals surface area contributed by atoms with Crippen LogP contribution in [0.2, 0.25) is 10.0 Å². The summed E-state index contributed by atoms with van der Waals surface area (Å²) in [4.78, 5) is 14.9. The molecule has 3 aromatic carbocycles. The molecule has 0 aromatic heterocycles. The van der Waals surface area contributed by atoms with Gasteiger partial charge >= 0.3 is 6.03 Å². The maximum atomic E-state index is 13.1. The fraction of sp³-hybridized carbons (Fsp3) is 0.174. The highest BCUT2D eigenvalue weighted by atomic mass is 79.9. The molecule has 3 rings (SSSR count). The lowest BCUT2D eigenvalue weighted by Gasteiger charge is -2.25. The van der Waals surface area contributed by atoms with Gasteiger partial charge in [-0.15, -0.1) is 0 Å². The number of anilines is 1. The molecule has 7 heteroatoms. The molecule has 0 heterocycles. The molecule has 0 aliphatic rings. The summed E-state index contributed by atoms with van der Waals surface area (Å²) in [5.41, 5.74) is 2.56. The largest absolute Gasteiger partial charge is 0.496 e. The molecule has 1 N–H and O–H groups in total. The van der Waals surface area contributed by atoms with Crippen LogP contribution in [-0.2, 0) is 13.0 Å². The minimum absolute atomic E-state index is 0.210. The Morgan fingerprint density at radius 2 is 1.77 bits per heavy atom. The highest BCUT2D eigenvalue weighted by Crippen LogP contribution is 2.25. The fourth-order valence-electron chi connectivity index (χ4n) is 3.03. The van der Waals surface area contributed by atoms with Crippen molar-refractivity contribution in [3.05, 3.63) is 92.4 Å². The lowest BCUT2D eigenvalue weighted by Crippen LogP contribution is -2.36. The first kappa shape index (κ1) is 22.5. The van der Waals surface area contributed by atoms with Crippen LogP contribution in [0.5, 0.6) is 5.75 Å². The summed E-state index contributed by atoms with van der Waals surface area (Å²) < 4.78 is 6.27. The van der Waals surface area contributed by atoms with Gasteiger partial charge in [0, 0.05) is 26.6 Å². The maximum Gasteiger partial charge on any atom is 0.322 e. The first-order chi connectivity index (χ1) is 14.5. The molecule has 0 spiro atoms. The summed E-state index contributed by atoms with van der Waals surface area (Å²) in [6.07, 6.45) is 0.592. The van der Waals surface area contributed by atoms with Crippen molar-refractivity contribution in [1.82, 2.24) is 4.90 Å². The van der Waals surface area contributed by atoms with Crippen LogP contribution in [0, 0.1) is 0 Å². The van der Waals surface area contributed by atoms with Gasteiger partial charge < -0.3 is 15.0 Å². The summed E-state index contributed by atoms with van der Waals surface area (Å²) in [6, 6.07) is 20.4. The number of urea groups is 1. The highest BCUT2D eigenvalue weighted by Gasteiger charge is 2.18. The molecule has 156 valence electrons. The Balaban J connectivity index is 1.81. The Bertz CT molecular complexity index is 1030. The second kappa shape index (κ2) is 10.7. The summed E-state index contributed by atoms with van der Waals surface area (Å²) in [5, 5.41) is 4.15. The molecule has 0 saturated heterocycles. The zero-order chi connectivity index (χ0) is 21.5. The molecule has 0 aliphatic carbocycles. The maximum absolute atomic E-state index is 13.1. The molecular formula is C23H21BrCl2N2O2. The SMILES string of the molecule is COc1ccccc1CN(CCc1ccc(Cl)cc1Cl)C(=O)Nc1ccccc1Br. The molecule has 0 fully saturated rings. The zero-order valence-electron chi connectivity index (χ0n) is 16.4. The molecule has 0 atom stereocenters. The van der Waals surface area contributed by atoms with Gasteiger partial charge in [-0.2, -0.15) is 0 Å². The van der Waals surface area contributed by atoms with E-state index < -0.39 is 0 Å². The van der Waals surface area contributed by atoms with Crippen molar-refractivity contribution < 1.29 is 9.53 Å². The molecule has 30 heavy (non-hydrogen) atoms. The number of hydrogen-bond donors (Lipinski definition) is 1. The lowest BCUT2D eigenvalue weighted by atomic mass is 10.1. The number of hydrogen-bond acceptors (Lipinski definition) is 2. The van der Waals surface area contributed by atoms with Crippen LogP contribution < -0.4 is 10.1 Å². The van der Waals surface area contributed by atoms with Crippen LogP contribution in [-0.4, -0.2) is 24.6 Å². The monoisotopic (exact) mass is 506 g/mol. The fourth-order valence-corrected chi connectivity index (χ4v) is 3.92. The van der Waals surface area contributed by atoms with Gasteiger partial charge in [0.15, 0.2) is 0 Å². The van der Waals surface area contributed by atoms with Gasteiger partial charge in [0.2, 0.25) is 0 Å². The number of halogens is 3. The van der Waals surface area contributed by atoms with E-state index in [9.17, 15) is 4.79 Å². The minimum atomic E-state index is -0.210. The molecule has 0 bridgehead atoms. The topological polar surface area (TPSA) is 41.6 Å². The van der Waals surface area contributed by atoms with Crippen molar-refractivity contribution >= 4 is 50.9 Å². The van der Waals surface area contributed by atoms with Crippen LogP contribution in [0.4, 0.5) is 10.5 Å². The third-order valence-corrected chi connectivity index (χ3v) is 5.90. The number of methoxy groups -OCH3 is 1. The van der Waals surface area contributed by atoms with E-state index in [1.54, 1.807) is 24.1 Å². The average Bonchev–Trinajstić information content (AvgIpc) is 2.74. The number of para-hydroxylation sites is 2. The van der Waals surface area contributed by atoms with E-state index >= 15 is 0 Å². The quantitative estimate of drug-likeness (QED) is 0.372. The predicted molar refractivity (Wildman–Crippen MR) is 127 cm³/mol.